The molecule has 4 nitrogen and oxygen atoms in total. The van der Waals surface area contributed by atoms with Crippen LogP contribution in [0.4, 0.5) is 18.9 Å². The van der Waals surface area contributed by atoms with E-state index in [4.69, 9.17) is 5.11 Å². The van der Waals surface area contributed by atoms with E-state index in [0.29, 0.717) is 12.1 Å². The largest absolute Gasteiger partial charge is 0.478 e. The Morgan fingerprint density at radius 1 is 1.05 bits per heavy atom. The zero-order valence-corrected chi connectivity index (χ0v) is 10.1. The zero-order valence-electron chi connectivity index (χ0n) is 10.1. The second-order valence-corrected chi connectivity index (χ2v) is 3.75. The summed E-state index contributed by atoms with van der Waals surface area (Å²) in [5.41, 5.74) is -1.31. The van der Waals surface area contributed by atoms with Crippen molar-refractivity contribution in [3.05, 3.63) is 40.7 Å². The maximum Gasteiger partial charge on any atom is 0.331 e. The molecule has 0 aliphatic rings. The predicted molar refractivity (Wildman–Crippen MR) is 61.0 cm³/mol. The van der Waals surface area contributed by atoms with Crippen molar-refractivity contribution in [3.63, 3.8) is 0 Å². The molecule has 1 aromatic carbocycles. The standard InChI is InChI=1S/C12H10F3NO3/c1-5(6(2)12(18)19)11(17)16-10-8(14)3-7(13)4-9(10)15/h3-4H,1-2H3,(H,16,17)(H,18,19). The number of carbonyl (C=O) groups is 2. The minimum Gasteiger partial charge on any atom is -0.478 e. The summed E-state index contributed by atoms with van der Waals surface area (Å²) in [6.07, 6.45) is 0. The van der Waals surface area contributed by atoms with Crippen molar-refractivity contribution in [1.82, 2.24) is 0 Å². The summed E-state index contributed by atoms with van der Waals surface area (Å²) in [7, 11) is 0. The highest BCUT2D eigenvalue weighted by Gasteiger charge is 2.17. The number of carboxylic acid groups (broad SMARTS) is 1. The molecule has 19 heavy (non-hydrogen) atoms. The Balaban J connectivity index is 3.08. The van der Waals surface area contributed by atoms with Crippen LogP contribution in [-0.4, -0.2) is 17.0 Å². The fourth-order valence-electron chi connectivity index (χ4n) is 1.20. The lowest BCUT2D eigenvalue weighted by atomic mass is 10.1. The molecule has 102 valence electrons. The first-order valence-electron chi connectivity index (χ1n) is 5.10. The summed E-state index contributed by atoms with van der Waals surface area (Å²) in [5, 5.41) is 10.5. The molecular formula is C12H10F3NO3. The maximum absolute atomic E-state index is 13.3. The van der Waals surface area contributed by atoms with Gasteiger partial charge in [-0.25, -0.2) is 18.0 Å². The van der Waals surface area contributed by atoms with Crippen LogP contribution in [0.5, 0.6) is 0 Å². The molecule has 0 unspecified atom stereocenters. The number of hydrogen-bond donors (Lipinski definition) is 2. The fourth-order valence-corrected chi connectivity index (χ4v) is 1.20. The van der Waals surface area contributed by atoms with E-state index >= 15 is 0 Å². The van der Waals surface area contributed by atoms with Crippen LogP contribution in [0.1, 0.15) is 13.8 Å². The fraction of sp³-hybridized carbons (Fsp3) is 0.167. The number of aliphatic carboxylic acids is 1. The predicted octanol–water partition coefficient (Wildman–Crippen LogP) is 2.46. The van der Waals surface area contributed by atoms with Crippen LogP contribution >= 0.6 is 0 Å². The smallest absolute Gasteiger partial charge is 0.331 e. The van der Waals surface area contributed by atoms with E-state index in [1.165, 1.54) is 13.8 Å². The highest BCUT2D eigenvalue weighted by molar-refractivity contribution is 6.08. The van der Waals surface area contributed by atoms with E-state index in [1.807, 2.05) is 5.32 Å². The molecule has 2 N–H and O–H groups in total. The molecule has 0 radical (unpaired) electrons. The Kier molecular flexibility index (Phi) is 4.31. The van der Waals surface area contributed by atoms with Crippen LogP contribution in [0.25, 0.3) is 0 Å². The molecule has 0 saturated heterocycles. The number of halogens is 3. The van der Waals surface area contributed by atoms with Crippen molar-refractivity contribution in [3.8, 4) is 0 Å². The molecule has 0 aliphatic carbocycles. The van der Waals surface area contributed by atoms with Gasteiger partial charge in [0.25, 0.3) is 5.91 Å². The van der Waals surface area contributed by atoms with Gasteiger partial charge < -0.3 is 10.4 Å². The Morgan fingerprint density at radius 3 is 1.95 bits per heavy atom. The number of carboxylic acids is 1. The van der Waals surface area contributed by atoms with E-state index in [-0.39, 0.29) is 11.1 Å². The molecule has 1 rings (SSSR count). The van der Waals surface area contributed by atoms with Gasteiger partial charge in [-0.3, -0.25) is 4.79 Å². The molecule has 0 aromatic heterocycles. The number of amides is 1. The van der Waals surface area contributed by atoms with Crippen molar-refractivity contribution in [1.29, 1.82) is 0 Å². The summed E-state index contributed by atoms with van der Waals surface area (Å²) in [5.74, 6) is -6.00. The van der Waals surface area contributed by atoms with Gasteiger partial charge >= 0.3 is 5.97 Å². The van der Waals surface area contributed by atoms with E-state index < -0.39 is 35.0 Å². The Labute approximate surface area is 106 Å². The van der Waals surface area contributed by atoms with Crippen LogP contribution in [0.15, 0.2) is 23.3 Å². The summed E-state index contributed by atoms with van der Waals surface area (Å²) in [4.78, 5) is 22.2. The van der Waals surface area contributed by atoms with Gasteiger partial charge in [-0.2, -0.15) is 0 Å². The van der Waals surface area contributed by atoms with E-state index in [0.717, 1.165) is 0 Å². The monoisotopic (exact) mass is 273 g/mol. The molecule has 0 bridgehead atoms. The summed E-state index contributed by atoms with van der Waals surface area (Å²) < 4.78 is 39.2. The topological polar surface area (TPSA) is 66.4 Å². The van der Waals surface area contributed by atoms with Crippen molar-refractivity contribution in [2.45, 2.75) is 13.8 Å². The number of rotatable bonds is 3. The molecule has 0 spiro atoms. The first-order chi connectivity index (χ1) is 8.73. The second-order valence-electron chi connectivity index (χ2n) is 3.75. The van der Waals surface area contributed by atoms with Crippen LogP contribution in [0, 0.1) is 17.5 Å². The first-order valence-corrected chi connectivity index (χ1v) is 5.10. The van der Waals surface area contributed by atoms with Gasteiger partial charge in [-0.15, -0.1) is 0 Å². The molecule has 0 saturated carbocycles. The summed E-state index contributed by atoms with van der Waals surface area (Å²) in [6, 6.07) is 0.809. The van der Waals surface area contributed by atoms with E-state index in [1.54, 1.807) is 0 Å². The zero-order chi connectivity index (χ0) is 14.7. The van der Waals surface area contributed by atoms with Gasteiger partial charge in [-0.1, -0.05) is 0 Å². The number of anilines is 1. The van der Waals surface area contributed by atoms with Gasteiger partial charge in [0.1, 0.15) is 11.5 Å². The Hall–Kier alpha value is -2.31. The SMILES string of the molecule is CC(C(=O)O)=C(C)C(=O)Nc1c(F)cc(F)cc1F. The van der Waals surface area contributed by atoms with Crippen LogP contribution < -0.4 is 5.32 Å². The van der Waals surface area contributed by atoms with Crippen molar-refractivity contribution >= 4 is 17.6 Å². The van der Waals surface area contributed by atoms with E-state index in [9.17, 15) is 22.8 Å². The van der Waals surface area contributed by atoms with Gasteiger partial charge in [0.15, 0.2) is 11.6 Å². The third kappa shape index (κ3) is 3.34. The maximum atomic E-state index is 13.3. The van der Waals surface area contributed by atoms with Gasteiger partial charge in [0, 0.05) is 23.3 Å². The number of benzene rings is 1. The van der Waals surface area contributed by atoms with Gasteiger partial charge in [-0.05, 0) is 13.8 Å². The average Bonchev–Trinajstić information content (AvgIpc) is 2.31. The Morgan fingerprint density at radius 2 is 1.53 bits per heavy atom. The first kappa shape index (κ1) is 14.7. The second kappa shape index (κ2) is 5.55. The van der Waals surface area contributed by atoms with Crippen molar-refractivity contribution < 1.29 is 27.9 Å². The quantitative estimate of drug-likeness (QED) is 0.831. The average molecular weight is 273 g/mol. The van der Waals surface area contributed by atoms with Crippen molar-refractivity contribution in [2.75, 3.05) is 5.32 Å². The third-order valence-corrected chi connectivity index (χ3v) is 2.47. The lowest BCUT2D eigenvalue weighted by Crippen LogP contribution is -2.18. The van der Waals surface area contributed by atoms with E-state index in [2.05, 4.69) is 0 Å². The van der Waals surface area contributed by atoms with Crippen LogP contribution in [0.3, 0.4) is 0 Å². The van der Waals surface area contributed by atoms with Crippen LogP contribution in [-0.2, 0) is 9.59 Å². The highest BCUT2D eigenvalue weighted by Crippen LogP contribution is 2.21. The molecule has 0 aliphatic heterocycles. The van der Waals surface area contributed by atoms with Gasteiger partial charge in [0.2, 0.25) is 0 Å². The third-order valence-electron chi connectivity index (χ3n) is 2.47. The Bertz CT molecular complexity index is 559. The lowest BCUT2D eigenvalue weighted by Gasteiger charge is -2.09. The highest BCUT2D eigenvalue weighted by atomic mass is 19.1. The summed E-state index contributed by atoms with van der Waals surface area (Å²) in [6.45, 7) is 2.37. The number of nitrogens with one attached hydrogen (secondary N) is 1. The number of carbonyl (C=O) groups excluding carboxylic acids is 1. The molecule has 1 aromatic rings. The van der Waals surface area contributed by atoms with Crippen LogP contribution in [0.2, 0.25) is 0 Å². The minimum absolute atomic E-state index is 0.212. The summed E-state index contributed by atoms with van der Waals surface area (Å²) >= 11 is 0. The van der Waals surface area contributed by atoms with Gasteiger partial charge in [0.05, 0.1) is 0 Å². The normalized spacial score (nSPS) is 11.8. The molecule has 1 amide bonds. The lowest BCUT2D eigenvalue weighted by molar-refractivity contribution is -0.133. The number of hydrogen-bond acceptors (Lipinski definition) is 2. The molecule has 0 fully saturated rings. The molecule has 0 atom stereocenters. The van der Waals surface area contributed by atoms with Crippen molar-refractivity contribution in [2.24, 2.45) is 0 Å². The molecular weight excluding hydrogens is 263 g/mol. The molecule has 7 heteroatoms. The minimum atomic E-state index is -1.33. The molecule has 0 heterocycles.